The summed E-state index contributed by atoms with van der Waals surface area (Å²) in [6.45, 7) is 2.70. The molecule has 0 bridgehead atoms. The summed E-state index contributed by atoms with van der Waals surface area (Å²) in [5, 5.41) is 11.2. The monoisotopic (exact) mass is 391 g/mol. The molecule has 5 aliphatic rings. The predicted molar refractivity (Wildman–Crippen MR) is 106 cm³/mol. The Kier molecular flexibility index (Phi) is 5.65. The lowest BCUT2D eigenvalue weighted by molar-refractivity contribution is -0.129. The molecule has 6 heteroatoms. The SMILES string of the molecule is CC1CCC(C2NC3CCCCC3N2)CC1NC(=O)C1CCC2OCOC2C1. The Labute approximate surface area is 168 Å². The average Bonchev–Trinajstić information content (AvgIpc) is 3.35. The lowest BCUT2D eigenvalue weighted by atomic mass is 9.77. The predicted octanol–water partition coefficient (Wildman–Crippen LogP) is 2.28. The topological polar surface area (TPSA) is 71.6 Å². The molecule has 0 aromatic rings. The van der Waals surface area contributed by atoms with Gasteiger partial charge in [-0.15, -0.1) is 0 Å². The van der Waals surface area contributed by atoms with Crippen LogP contribution in [0.1, 0.15) is 71.1 Å². The third-order valence-corrected chi connectivity index (χ3v) is 8.25. The van der Waals surface area contributed by atoms with Gasteiger partial charge in [-0.3, -0.25) is 15.4 Å². The number of amides is 1. The summed E-state index contributed by atoms with van der Waals surface area (Å²) in [5.41, 5.74) is 0. The van der Waals surface area contributed by atoms with Crippen molar-refractivity contribution >= 4 is 5.91 Å². The molecule has 3 saturated carbocycles. The molecule has 1 amide bonds. The zero-order chi connectivity index (χ0) is 19.1. The second kappa shape index (κ2) is 8.21. The van der Waals surface area contributed by atoms with Crippen molar-refractivity contribution in [2.45, 2.75) is 108 Å². The number of rotatable bonds is 3. The van der Waals surface area contributed by atoms with Gasteiger partial charge in [-0.25, -0.2) is 0 Å². The fourth-order valence-electron chi connectivity index (χ4n) is 6.39. The van der Waals surface area contributed by atoms with E-state index in [1.165, 1.54) is 38.5 Å². The fraction of sp³-hybridized carbons (Fsp3) is 0.955. The molecule has 6 nitrogen and oxygen atoms in total. The highest BCUT2D eigenvalue weighted by molar-refractivity contribution is 5.79. The van der Waals surface area contributed by atoms with E-state index in [2.05, 4.69) is 22.9 Å². The van der Waals surface area contributed by atoms with Crippen LogP contribution in [0.2, 0.25) is 0 Å². The van der Waals surface area contributed by atoms with Crippen LogP contribution < -0.4 is 16.0 Å². The molecule has 8 atom stereocenters. The second-order valence-corrected chi connectivity index (χ2v) is 10.0. The number of hydrogen-bond acceptors (Lipinski definition) is 5. The quantitative estimate of drug-likeness (QED) is 0.688. The van der Waals surface area contributed by atoms with E-state index in [9.17, 15) is 4.79 Å². The fourth-order valence-corrected chi connectivity index (χ4v) is 6.39. The molecule has 0 aromatic heterocycles. The first-order valence-electron chi connectivity index (χ1n) is 11.7. The lowest BCUT2D eigenvalue weighted by Crippen LogP contribution is -2.51. The molecular formula is C22H37N3O3. The van der Waals surface area contributed by atoms with Gasteiger partial charge in [-0.05, 0) is 63.2 Å². The van der Waals surface area contributed by atoms with Crippen molar-refractivity contribution in [2.75, 3.05) is 6.79 Å². The first kappa shape index (κ1) is 19.3. The van der Waals surface area contributed by atoms with Crippen LogP contribution in [0, 0.1) is 17.8 Å². The van der Waals surface area contributed by atoms with E-state index < -0.39 is 0 Å². The molecule has 2 aliphatic heterocycles. The minimum absolute atomic E-state index is 0.0844. The molecule has 0 spiro atoms. The van der Waals surface area contributed by atoms with Crippen molar-refractivity contribution in [1.29, 1.82) is 0 Å². The molecule has 2 heterocycles. The molecule has 8 unspecified atom stereocenters. The van der Waals surface area contributed by atoms with Crippen molar-refractivity contribution in [3.05, 3.63) is 0 Å². The summed E-state index contributed by atoms with van der Waals surface area (Å²) in [6.07, 6.45) is 12.4. The molecular weight excluding hydrogens is 354 g/mol. The van der Waals surface area contributed by atoms with Crippen LogP contribution in [-0.4, -0.2) is 49.2 Å². The van der Waals surface area contributed by atoms with Gasteiger partial charge < -0.3 is 14.8 Å². The van der Waals surface area contributed by atoms with Gasteiger partial charge in [0.05, 0.1) is 18.4 Å². The zero-order valence-corrected chi connectivity index (χ0v) is 17.2. The van der Waals surface area contributed by atoms with Crippen molar-refractivity contribution in [2.24, 2.45) is 17.8 Å². The first-order chi connectivity index (χ1) is 13.7. The number of hydrogen-bond donors (Lipinski definition) is 3. The first-order valence-corrected chi connectivity index (χ1v) is 11.7. The summed E-state index contributed by atoms with van der Waals surface area (Å²) < 4.78 is 11.3. The number of ether oxygens (including phenoxy) is 2. The highest BCUT2D eigenvalue weighted by Gasteiger charge is 2.42. The molecule has 2 saturated heterocycles. The molecule has 5 fully saturated rings. The molecule has 5 rings (SSSR count). The number of carbonyl (C=O) groups is 1. The highest BCUT2D eigenvalue weighted by atomic mass is 16.7. The van der Waals surface area contributed by atoms with Crippen LogP contribution in [0.4, 0.5) is 0 Å². The van der Waals surface area contributed by atoms with E-state index in [1.807, 2.05) is 0 Å². The zero-order valence-electron chi connectivity index (χ0n) is 17.2. The van der Waals surface area contributed by atoms with E-state index in [0.717, 1.165) is 25.7 Å². The van der Waals surface area contributed by atoms with Gasteiger partial charge in [0.15, 0.2) is 0 Å². The molecule has 3 aliphatic carbocycles. The number of fused-ring (bicyclic) bond motifs is 2. The maximum atomic E-state index is 13.0. The number of carbonyl (C=O) groups excluding carboxylic acids is 1. The van der Waals surface area contributed by atoms with Crippen LogP contribution in [-0.2, 0) is 14.3 Å². The van der Waals surface area contributed by atoms with Gasteiger partial charge in [0, 0.05) is 24.0 Å². The van der Waals surface area contributed by atoms with Crippen LogP contribution in [0.15, 0.2) is 0 Å². The maximum absolute atomic E-state index is 13.0. The Morgan fingerprint density at radius 3 is 2.43 bits per heavy atom. The van der Waals surface area contributed by atoms with Crippen molar-refractivity contribution in [3.8, 4) is 0 Å². The Morgan fingerprint density at radius 1 is 0.893 bits per heavy atom. The molecule has 3 N–H and O–H groups in total. The summed E-state index contributed by atoms with van der Waals surface area (Å²) >= 11 is 0. The van der Waals surface area contributed by atoms with Crippen LogP contribution in [0.5, 0.6) is 0 Å². The lowest BCUT2D eigenvalue weighted by Gasteiger charge is -2.39. The Bertz CT molecular complexity index is 559. The second-order valence-electron chi connectivity index (χ2n) is 10.0. The summed E-state index contributed by atoms with van der Waals surface area (Å²) in [7, 11) is 0. The molecule has 28 heavy (non-hydrogen) atoms. The van der Waals surface area contributed by atoms with Gasteiger partial charge in [-0.2, -0.15) is 0 Å². The highest BCUT2D eigenvalue weighted by Crippen LogP contribution is 2.36. The Morgan fingerprint density at radius 2 is 1.64 bits per heavy atom. The molecule has 0 aromatic carbocycles. The molecule has 158 valence electrons. The molecule has 0 radical (unpaired) electrons. The van der Waals surface area contributed by atoms with Crippen LogP contribution in [0.25, 0.3) is 0 Å². The standard InChI is InChI=1S/C22H37N3O3/c1-13-6-7-14(21-23-16-4-2-3-5-17(16)24-21)10-18(13)25-22(26)15-8-9-19-20(11-15)28-12-27-19/h13-21,23-24H,2-12H2,1H3,(H,25,26). The van der Waals surface area contributed by atoms with Gasteiger partial charge in [0.2, 0.25) is 5.91 Å². The van der Waals surface area contributed by atoms with E-state index in [1.54, 1.807) is 0 Å². The van der Waals surface area contributed by atoms with Crippen molar-refractivity contribution < 1.29 is 14.3 Å². The van der Waals surface area contributed by atoms with Crippen LogP contribution in [0.3, 0.4) is 0 Å². The van der Waals surface area contributed by atoms with Crippen LogP contribution >= 0.6 is 0 Å². The number of nitrogens with one attached hydrogen (secondary N) is 3. The normalized spacial score (nSPS) is 48.7. The third-order valence-electron chi connectivity index (χ3n) is 8.25. The van der Waals surface area contributed by atoms with E-state index in [0.29, 0.717) is 42.9 Å². The summed E-state index contributed by atoms with van der Waals surface area (Å²) in [4.78, 5) is 13.0. The van der Waals surface area contributed by atoms with E-state index >= 15 is 0 Å². The largest absolute Gasteiger partial charge is 0.353 e. The van der Waals surface area contributed by atoms with Gasteiger partial charge >= 0.3 is 0 Å². The minimum atomic E-state index is 0.0844. The average molecular weight is 392 g/mol. The maximum Gasteiger partial charge on any atom is 0.223 e. The van der Waals surface area contributed by atoms with Gasteiger partial charge in [0.1, 0.15) is 6.79 Å². The van der Waals surface area contributed by atoms with Gasteiger partial charge in [-0.1, -0.05) is 19.8 Å². The van der Waals surface area contributed by atoms with Crippen molar-refractivity contribution in [1.82, 2.24) is 16.0 Å². The third kappa shape index (κ3) is 3.85. The minimum Gasteiger partial charge on any atom is -0.353 e. The van der Waals surface area contributed by atoms with Crippen molar-refractivity contribution in [3.63, 3.8) is 0 Å². The summed E-state index contributed by atoms with van der Waals surface area (Å²) in [6, 6.07) is 1.63. The smallest absolute Gasteiger partial charge is 0.223 e. The Balaban J connectivity index is 1.16. The van der Waals surface area contributed by atoms with E-state index in [-0.39, 0.29) is 24.0 Å². The van der Waals surface area contributed by atoms with E-state index in [4.69, 9.17) is 9.47 Å². The van der Waals surface area contributed by atoms with Gasteiger partial charge in [0.25, 0.3) is 0 Å². The Hall–Kier alpha value is -0.690. The summed E-state index contributed by atoms with van der Waals surface area (Å²) in [5.74, 6) is 1.51.